The molecule has 0 N–H and O–H groups in total. The van der Waals surface area contributed by atoms with Crippen LogP contribution in [0.25, 0.3) is 0 Å². The number of nitrogens with zero attached hydrogens (tertiary/aromatic N) is 3. The maximum Gasteiger partial charge on any atom is 0.167 e. The highest BCUT2D eigenvalue weighted by molar-refractivity contribution is 14.1. The van der Waals surface area contributed by atoms with E-state index in [1.807, 2.05) is 31.2 Å². The molecule has 1 aliphatic rings. The molecule has 1 fully saturated rings. The molecule has 0 saturated heterocycles. The number of halogens is 1. The van der Waals surface area contributed by atoms with Crippen LogP contribution in [0.1, 0.15) is 32.6 Å². The van der Waals surface area contributed by atoms with Crippen LogP contribution in [0.2, 0.25) is 0 Å². The lowest BCUT2D eigenvalue weighted by Gasteiger charge is -2.22. The van der Waals surface area contributed by atoms with Gasteiger partial charge >= 0.3 is 0 Å². The Balaban J connectivity index is 2.14. The number of hydrogen-bond acceptors (Lipinski definition) is 3. The van der Waals surface area contributed by atoms with Gasteiger partial charge in [-0.1, -0.05) is 12.8 Å². The smallest absolute Gasteiger partial charge is 0.167 e. The average molecular weight is 353 g/mol. The molecule has 1 atom stereocenters. The largest absolute Gasteiger partial charge is 0.196 e. The maximum absolute atomic E-state index is 9.36. The third kappa shape index (κ3) is 3.08. The molecule has 0 heterocycles. The van der Waals surface area contributed by atoms with Crippen LogP contribution in [0.4, 0.5) is 5.69 Å². The molecule has 4 heteroatoms. The second kappa shape index (κ2) is 5.79. The Hall–Kier alpha value is -0.960. The lowest BCUT2D eigenvalue weighted by Crippen LogP contribution is -2.28. The van der Waals surface area contributed by atoms with E-state index < -0.39 is 5.54 Å². The Morgan fingerprint density at radius 1 is 1.28 bits per heavy atom. The van der Waals surface area contributed by atoms with E-state index in [0.717, 1.165) is 18.5 Å². The molecule has 0 aromatic heterocycles. The minimum atomic E-state index is -0.667. The molecule has 18 heavy (non-hydrogen) atoms. The molecule has 1 unspecified atom stereocenters. The van der Waals surface area contributed by atoms with Gasteiger partial charge in [-0.2, -0.15) is 15.5 Å². The molecule has 1 saturated carbocycles. The van der Waals surface area contributed by atoms with Gasteiger partial charge in [0, 0.05) is 3.57 Å². The zero-order valence-electron chi connectivity index (χ0n) is 10.4. The minimum Gasteiger partial charge on any atom is -0.196 e. The molecule has 0 bridgehead atoms. The van der Waals surface area contributed by atoms with Crippen molar-refractivity contribution in [3.8, 4) is 6.07 Å². The third-order valence-electron chi connectivity index (χ3n) is 3.58. The predicted molar refractivity (Wildman–Crippen MR) is 79.7 cm³/mol. The van der Waals surface area contributed by atoms with Crippen LogP contribution in [-0.4, -0.2) is 5.54 Å². The van der Waals surface area contributed by atoms with Crippen molar-refractivity contribution in [3.63, 3.8) is 0 Å². The topological polar surface area (TPSA) is 48.5 Å². The van der Waals surface area contributed by atoms with Crippen molar-refractivity contribution >= 4 is 28.3 Å². The van der Waals surface area contributed by atoms with Crippen molar-refractivity contribution < 1.29 is 0 Å². The Bertz CT molecular complexity index is 469. The molecule has 0 amide bonds. The monoisotopic (exact) mass is 353 g/mol. The van der Waals surface area contributed by atoms with E-state index >= 15 is 0 Å². The van der Waals surface area contributed by atoms with Crippen molar-refractivity contribution in [2.24, 2.45) is 16.1 Å². The van der Waals surface area contributed by atoms with E-state index in [1.54, 1.807) is 0 Å². The summed E-state index contributed by atoms with van der Waals surface area (Å²) in [5.41, 5.74) is 0.148. The minimum absolute atomic E-state index is 0.357. The average Bonchev–Trinajstić information content (AvgIpc) is 2.92. The Morgan fingerprint density at radius 3 is 2.44 bits per heavy atom. The van der Waals surface area contributed by atoms with Gasteiger partial charge in [-0.05, 0) is 72.5 Å². The quantitative estimate of drug-likeness (QED) is 0.566. The Kier molecular flexibility index (Phi) is 4.33. The SMILES string of the molecule is CC(C#N)(N=Nc1ccc(I)cc1)C1CCCC1. The first-order valence-corrected chi connectivity index (χ1v) is 7.32. The Morgan fingerprint density at radius 2 is 1.89 bits per heavy atom. The van der Waals surface area contributed by atoms with Crippen LogP contribution in [0.3, 0.4) is 0 Å². The fourth-order valence-corrected chi connectivity index (χ4v) is 2.71. The zero-order chi connectivity index (χ0) is 13.0. The van der Waals surface area contributed by atoms with Crippen molar-refractivity contribution in [2.45, 2.75) is 38.1 Å². The van der Waals surface area contributed by atoms with E-state index in [9.17, 15) is 5.26 Å². The molecule has 1 aromatic rings. The highest BCUT2D eigenvalue weighted by Gasteiger charge is 2.36. The zero-order valence-corrected chi connectivity index (χ0v) is 12.6. The lowest BCUT2D eigenvalue weighted by molar-refractivity contribution is 0.366. The summed E-state index contributed by atoms with van der Waals surface area (Å²) in [7, 11) is 0. The summed E-state index contributed by atoms with van der Waals surface area (Å²) in [6.07, 6.45) is 4.60. The summed E-state index contributed by atoms with van der Waals surface area (Å²) in [6.45, 7) is 1.90. The van der Waals surface area contributed by atoms with Gasteiger partial charge in [0.1, 0.15) is 0 Å². The van der Waals surface area contributed by atoms with E-state index in [0.29, 0.717) is 5.92 Å². The van der Waals surface area contributed by atoms with Crippen LogP contribution in [0.15, 0.2) is 34.5 Å². The lowest BCUT2D eigenvalue weighted by atomic mass is 9.86. The van der Waals surface area contributed by atoms with E-state index in [1.165, 1.54) is 16.4 Å². The van der Waals surface area contributed by atoms with Crippen molar-refractivity contribution in [2.75, 3.05) is 0 Å². The van der Waals surface area contributed by atoms with Gasteiger partial charge in [0.2, 0.25) is 0 Å². The Labute approximate surface area is 121 Å². The van der Waals surface area contributed by atoms with Crippen LogP contribution in [0, 0.1) is 20.8 Å². The second-order valence-electron chi connectivity index (χ2n) is 4.92. The van der Waals surface area contributed by atoms with Crippen LogP contribution < -0.4 is 0 Å². The molecule has 0 spiro atoms. The van der Waals surface area contributed by atoms with Crippen molar-refractivity contribution in [1.29, 1.82) is 5.26 Å². The molecule has 3 nitrogen and oxygen atoms in total. The van der Waals surface area contributed by atoms with E-state index in [2.05, 4.69) is 38.9 Å². The second-order valence-corrected chi connectivity index (χ2v) is 6.16. The molecular weight excluding hydrogens is 337 g/mol. The molecule has 1 aliphatic carbocycles. The van der Waals surface area contributed by atoms with Crippen LogP contribution in [0.5, 0.6) is 0 Å². The fraction of sp³-hybridized carbons (Fsp3) is 0.500. The highest BCUT2D eigenvalue weighted by atomic mass is 127. The van der Waals surface area contributed by atoms with Crippen molar-refractivity contribution in [1.82, 2.24) is 0 Å². The molecule has 2 rings (SSSR count). The molecule has 0 radical (unpaired) electrons. The molecule has 94 valence electrons. The maximum atomic E-state index is 9.36. The molecule has 1 aromatic carbocycles. The van der Waals surface area contributed by atoms with Crippen LogP contribution in [-0.2, 0) is 0 Å². The van der Waals surface area contributed by atoms with Gasteiger partial charge in [-0.25, -0.2) is 0 Å². The first kappa shape index (κ1) is 13.5. The van der Waals surface area contributed by atoms with Gasteiger partial charge in [-0.3, -0.25) is 0 Å². The predicted octanol–water partition coefficient (Wildman–Crippen LogP) is 4.85. The van der Waals surface area contributed by atoms with Gasteiger partial charge in [0.25, 0.3) is 0 Å². The summed E-state index contributed by atoms with van der Waals surface area (Å²) < 4.78 is 1.17. The van der Waals surface area contributed by atoms with Crippen molar-refractivity contribution in [3.05, 3.63) is 27.8 Å². The normalized spacial score (nSPS) is 19.8. The number of rotatable bonds is 3. The summed E-state index contributed by atoms with van der Waals surface area (Å²) in [5, 5.41) is 17.9. The van der Waals surface area contributed by atoms with Gasteiger partial charge < -0.3 is 0 Å². The molecule has 0 aliphatic heterocycles. The molecular formula is C14H16IN3. The first-order valence-electron chi connectivity index (χ1n) is 6.24. The van der Waals surface area contributed by atoms with Gasteiger partial charge in [0.05, 0.1) is 11.8 Å². The summed E-state index contributed by atoms with van der Waals surface area (Å²) in [6, 6.07) is 10.2. The number of hydrogen-bond donors (Lipinski definition) is 0. The highest BCUT2D eigenvalue weighted by Crippen LogP contribution is 2.36. The van der Waals surface area contributed by atoms with Gasteiger partial charge in [0.15, 0.2) is 5.54 Å². The van der Waals surface area contributed by atoms with Gasteiger partial charge in [-0.15, -0.1) is 0 Å². The summed E-state index contributed by atoms with van der Waals surface area (Å²) in [5.74, 6) is 0.357. The number of azo groups is 1. The standard InChI is InChI=1S/C14H16IN3/c1-14(10-16,11-4-2-3-5-11)18-17-13-8-6-12(15)7-9-13/h6-9,11H,2-5H2,1H3. The van der Waals surface area contributed by atoms with E-state index in [-0.39, 0.29) is 0 Å². The summed E-state index contributed by atoms with van der Waals surface area (Å²) >= 11 is 2.25. The number of nitriles is 1. The summed E-state index contributed by atoms with van der Waals surface area (Å²) in [4.78, 5) is 0. The third-order valence-corrected chi connectivity index (χ3v) is 4.30. The number of benzene rings is 1. The van der Waals surface area contributed by atoms with Crippen LogP contribution >= 0.6 is 22.6 Å². The fourth-order valence-electron chi connectivity index (χ4n) is 2.35. The van der Waals surface area contributed by atoms with E-state index in [4.69, 9.17) is 0 Å². The first-order chi connectivity index (χ1) is 8.64.